The molecule has 0 fully saturated rings. The Kier molecular flexibility index (Phi) is 3.33. The number of nitrogens with zero attached hydrogens (tertiary/aromatic N) is 4. The molecule has 0 aliphatic rings. The molecule has 0 saturated carbocycles. The van der Waals surface area contributed by atoms with Crippen molar-refractivity contribution in [3.63, 3.8) is 0 Å². The lowest BCUT2D eigenvalue weighted by Gasteiger charge is -2.02. The summed E-state index contributed by atoms with van der Waals surface area (Å²) in [7, 11) is 1.67. The zero-order valence-electron chi connectivity index (χ0n) is 10.9. The number of aromatic amines is 1. The molecule has 0 unspecified atom stereocenters. The van der Waals surface area contributed by atoms with Crippen LogP contribution in [0.3, 0.4) is 0 Å². The highest BCUT2D eigenvalue weighted by Crippen LogP contribution is 2.28. The second-order valence-electron chi connectivity index (χ2n) is 4.30. The summed E-state index contributed by atoms with van der Waals surface area (Å²) in [5.74, 6) is 0. The normalized spacial score (nSPS) is 11.3. The first-order valence-electron chi connectivity index (χ1n) is 6.16. The van der Waals surface area contributed by atoms with Crippen molar-refractivity contribution in [3.8, 4) is 0 Å². The Balaban J connectivity index is 2.08. The van der Waals surface area contributed by atoms with E-state index < -0.39 is 0 Å². The largest absolute Gasteiger partial charge is 0.343 e. The summed E-state index contributed by atoms with van der Waals surface area (Å²) in [6, 6.07) is 5.83. The third-order valence-electron chi connectivity index (χ3n) is 3.00. The molecule has 3 N–H and O–H groups in total. The van der Waals surface area contributed by atoms with Crippen LogP contribution in [0.4, 0.5) is 0 Å². The van der Waals surface area contributed by atoms with E-state index in [0.717, 1.165) is 16.4 Å². The van der Waals surface area contributed by atoms with E-state index >= 15 is 0 Å². The summed E-state index contributed by atoms with van der Waals surface area (Å²) in [6.45, 7) is 0.537. The number of pyridine rings is 1. The summed E-state index contributed by atoms with van der Waals surface area (Å²) in [5, 5.41) is 7.81. The summed E-state index contributed by atoms with van der Waals surface area (Å²) in [4.78, 5) is 16.0. The van der Waals surface area contributed by atoms with Gasteiger partial charge in [0, 0.05) is 19.7 Å². The Hall–Kier alpha value is -2.06. The second kappa shape index (κ2) is 5.14. The van der Waals surface area contributed by atoms with Gasteiger partial charge >= 0.3 is 5.69 Å². The number of H-pyrrole nitrogens is 1. The molecule has 20 heavy (non-hydrogen) atoms. The van der Waals surface area contributed by atoms with Crippen LogP contribution in [0.2, 0.25) is 0 Å². The van der Waals surface area contributed by atoms with Crippen molar-refractivity contribution in [2.45, 2.75) is 16.6 Å². The van der Waals surface area contributed by atoms with Gasteiger partial charge in [-0.25, -0.2) is 14.9 Å². The van der Waals surface area contributed by atoms with Crippen molar-refractivity contribution in [1.82, 2.24) is 24.1 Å². The van der Waals surface area contributed by atoms with Gasteiger partial charge in [0.05, 0.1) is 5.69 Å². The molecule has 0 aliphatic carbocycles. The Morgan fingerprint density at radius 2 is 2.30 bits per heavy atom. The van der Waals surface area contributed by atoms with Gasteiger partial charge in [-0.15, -0.1) is 5.10 Å². The molecule has 0 amide bonds. The van der Waals surface area contributed by atoms with Crippen LogP contribution in [0.1, 0.15) is 5.69 Å². The number of imidazole rings is 1. The van der Waals surface area contributed by atoms with Gasteiger partial charge in [-0.3, -0.25) is 4.57 Å². The minimum atomic E-state index is -0.239. The molecule has 3 aromatic rings. The van der Waals surface area contributed by atoms with Gasteiger partial charge in [-0.1, -0.05) is 6.07 Å². The van der Waals surface area contributed by atoms with Crippen LogP contribution in [0.5, 0.6) is 0 Å². The molecule has 0 bridgehead atoms. The monoisotopic (exact) mass is 290 g/mol. The van der Waals surface area contributed by atoms with Gasteiger partial charge in [0.15, 0.2) is 5.16 Å². The smallest absolute Gasteiger partial charge is 0.330 e. The molecule has 0 aliphatic heterocycles. The highest BCUT2D eigenvalue weighted by molar-refractivity contribution is 7.99. The van der Waals surface area contributed by atoms with Crippen LogP contribution in [-0.2, 0) is 13.5 Å². The molecule has 0 radical (unpaired) electrons. The fourth-order valence-corrected chi connectivity index (χ4v) is 2.92. The van der Waals surface area contributed by atoms with Crippen molar-refractivity contribution in [1.29, 1.82) is 0 Å². The third kappa shape index (κ3) is 2.12. The van der Waals surface area contributed by atoms with Crippen molar-refractivity contribution < 1.29 is 0 Å². The number of fused-ring (bicyclic) bond motifs is 1. The van der Waals surface area contributed by atoms with Gasteiger partial charge in [0.25, 0.3) is 0 Å². The first-order valence-corrected chi connectivity index (χ1v) is 6.97. The van der Waals surface area contributed by atoms with Crippen LogP contribution in [0.25, 0.3) is 5.65 Å². The van der Waals surface area contributed by atoms with Gasteiger partial charge in [0.1, 0.15) is 10.7 Å². The van der Waals surface area contributed by atoms with E-state index in [-0.39, 0.29) is 5.69 Å². The van der Waals surface area contributed by atoms with Crippen molar-refractivity contribution in [2.24, 2.45) is 12.8 Å². The Labute approximate surface area is 118 Å². The van der Waals surface area contributed by atoms with E-state index in [1.54, 1.807) is 7.05 Å². The average Bonchev–Trinajstić information content (AvgIpc) is 2.95. The summed E-state index contributed by atoms with van der Waals surface area (Å²) < 4.78 is 3.47. The lowest BCUT2D eigenvalue weighted by atomic mass is 10.3. The van der Waals surface area contributed by atoms with Gasteiger partial charge in [-0.2, -0.15) is 0 Å². The molecule has 0 spiro atoms. The lowest BCUT2D eigenvalue weighted by molar-refractivity contribution is 0.763. The first kappa shape index (κ1) is 12.9. The van der Waals surface area contributed by atoms with Crippen LogP contribution >= 0.6 is 11.8 Å². The van der Waals surface area contributed by atoms with Gasteiger partial charge in [0.2, 0.25) is 0 Å². The Bertz CT molecular complexity index is 802. The van der Waals surface area contributed by atoms with Gasteiger partial charge in [-0.05, 0) is 30.4 Å². The van der Waals surface area contributed by atoms with Crippen LogP contribution in [0.15, 0.2) is 39.4 Å². The van der Waals surface area contributed by atoms with Crippen molar-refractivity contribution >= 4 is 17.4 Å². The molecular formula is C12H14N6OS. The van der Waals surface area contributed by atoms with E-state index in [1.165, 1.54) is 16.3 Å². The minimum Gasteiger partial charge on any atom is -0.330 e. The molecule has 7 nitrogen and oxygen atoms in total. The zero-order chi connectivity index (χ0) is 14.1. The molecule has 3 rings (SSSR count). The minimum absolute atomic E-state index is 0.239. The maximum absolute atomic E-state index is 11.4. The molecule has 3 heterocycles. The lowest BCUT2D eigenvalue weighted by Crippen LogP contribution is -2.13. The van der Waals surface area contributed by atoms with Crippen molar-refractivity contribution in [3.05, 3.63) is 40.6 Å². The highest BCUT2D eigenvalue weighted by atomic mass is 32.2. The number of nitrogens with one attached hydrogen (secondary N) is 1. The Morgan fingerprint density at radius 3 is 3.00 bits per heavy atom. The number of hydrogen-bond acceptors (Lipinski definition) is 5. The second-order valence-corrected chi connectivity index (χ2v) is 5.26. The van der Waals surface area contributed by atoms with E-state index in [9.17, 15) is 4.79 Å². The van der Waals surface area contributed by atoms with E-state index in [2.05, 4.69) is 15.2 Å². The van der Waals surface area contributed by atoms with Gasteiger partial charge < -0.3 is 10.1 Å². The fraction of sp³-hybridized carbons (Fsp3) is 0.250. The SMILES string of the molecule is Cn1c(Sc2nc3ccccn3c2CCN)n[nH]c1=O. The molecule has 8 heteroatoms. The zero-order valence-corrected chi connectivity index (χ0v) is 11.7. The maximum Gasteiger partial charge on any atom is 0.343 e. The molecule has 104 valence electrons. The summed E-state index contributed by atoms with van der Waals surface area (Å²) in [6.07, 6.45) is 2.67. The number of nitrogens with two attached hydrogens (primary N) is 1. The predicted octanol–water partition coefficient (Wildman–Crippen LogP) is 0.408. The van der Waals surface area contributed by atoms with E-state index in [4.69, 9.17) is 5.73 Å². The first-order chi connectivity index (χ1) is 9.70. The number of hydrogen-bond donors (Lipinski definition) is 2. The molecular weight excluding hydrogens is 276 g/mol. The molecule has 0 aromatic carbocycles. The topological polar surface area (TPSA) is 94.0 Å². The summed E-state index contributed by atoms with van der Waals surface area (Å²) in [5.41, 5.74) is 7.33. The Morgan fingerprint density at radius 1 is 1.45 bits per heavy atom. The van der Waals surface area contributed by atoms with Crippen LogP contribution < -0.4 is 11.4 Å². The quantitative estimate of drug-likeness (QED) is 0.726. The molecule has 0 atom stereocenters. The maximum atomic E-state index is 11.4. The predicted molar refractivity (Wildman–Crippen MR) is 75.9 cm³/mol. The summed E-state index contributed by atoms with van der Waals surface area (Å²) >= 11 is 1.36. The average molecular weight is 290 g/mol. The standard InChI is InChI=1S/C12H14N6OS/c1-17-11(19)15-16-12(17)20-10-8(5-6-13)18-7-3-2-4-9(18)14-10/h2-4,7H,5-6,13H2,1H3,(H,15,19). The van der Waals surface area contributed by atoms with Crippen LogP contribution in [0, 0.1) is 0 Å². The number of aromatic nitrogens is 5. The molecule has 3 aromatic heterocycles. The van der Waals surface area contributed by atoms with E-state index in [0.29, 0.717) is 18.1 Å². The third-order valence-corrected chi connectivity index (χ3v) is 4.07. The molecule has 0 saturated heterocycles. The van der Waals surface area contributed by atoms with Crippen LogP contribution in [-0.4, -0.2) is 30.7 Å². The highest BCUT2D eigenvalue weighted by Gasteiger charge is 2.15. The van der Waals surface area contributed by atoms with Crippen molar-refractivity contribution in [2.75, 3.05) is 6.54 Å². The fourth-order valence-electron chi connectivity index (χ4n) is 1.98. The number of rotatable bonds is 4. The van der Waals surface area contributed by atoms with E-state index in [1.807, 2.05) is 28.8 Å².